The van der Waals surface area contributed by atoms with Crippen molar-refractivity contribution in [1.29, 1.82) is 0 Å². The number of hydrogen-bond acceptors (Lipinski definition) is 3. The van der Waals surface area contributed by atoms with Crippen LogP contribution in [0.1, 0.15) is 36.4 Å². The minimum atomic E-state index is 0.192. The molecule has 0 saturated carbocycles. The molecule has 0 unspecified atom stereocenters. The summed E-state index contributed by atoms with van der Waals surface area (Å²) < 4.78 is 0.679. The van der Waals surface area contributed by atoms with Gasteiger partial charge in [0.2, 0.25) is 0 Å². The SMILES string of the molecule is CC(C)NCCCC(=O)c1ccc(Cl)s1. The minimum Gasteiger partial charge on any atom is -0.315 e. The topological polar surface area (TPSA) is 29.1 Å². The third kappa shape index (κ3) is 4.78. The lowest BCUT2D eigenvalue weighted by atomic mass is 10.2. The monoisotopic (exact) mass is 245 g/mol. The van der Waals surface area contributed by atoms with Gasteiger partial charge >= 0.3 is 0 Å². The Balaban J connectivity index is 2.25. The molecule has 0 saturated heterocycles. The van der Waals surface area contributed by atoms with Crippen LogP contribution in [0.2, 0.25) is 4.34 Å². The zero-order valence-corrected chi connectivity index (χ0v) is 10.6. The van der Waals surface area contributed by atoms with E-state index < -0.39 is 0 Å². The molecule has 0 amide bonds. The number of halogens is 1. The number of thiophene rings is 1. The van der Waals surface area contributed by atoms with Crippen molar-refractivity contribution in [3.63, 3.8) is 0 Å². The lowest BCUT2D eigenvalue weighted by Gasteiger charge is -2.06. The van der Waals surface area contributed by atoms with Crippen LogP contribution >= 0.6 is 22.9 Å². The van der Waals surface area contributed by atoms with Gasteiger partial charge in [0.15, 0.2) is 5.78 Å². The second kappa shape index (κ2) is 6.26. The fourth-order valence-corrected chi connectivity index (χ4v) is 2.24. The molecule has 4 heteroatoms. The van der Waals surface area contributed by atoms with Crippen molar-refractivity contribution in [3.05, 3.63) is 21.3 Å². The zero-order chi connectivity index (χ0) is 11.3. The van der Waals surface area contributed by atoms with E-state index in [1.54, 1.807) is 12.1 Å². The molecule has 1 aromatic heterocycles. The second-order valence-corrected chi connectivity index (χ2v) is 5.45. The van der Waals surface area contributed by atoms with Crippen LogP contribution in [-0.4, -0.2) is 18.4 Å². The van der Waals surface area contributed by atoms with Crippen LogP contribution < -0.4 is 5.32 Å². The number of Topliss-reactive ketones (excluding diaryl/α,β-unsaturated/α-hetero) is 1. The Morgan fingerprint density at radius 3 is 2.80 bits per heavy atom. The Morgan fingerprint density at radius 1 is 1.53 bits per heavy atom. The summed E-state index contributed by atoms with van der Waals surface area (Å²) in [5.74, 6) is 0.192. The lowest BCUT2D eigenvalue weighted by molar-refractivity contribution is 0.0983. The van der Waals surface area contributed by atoms with Crippen molar-refractivity contribution in [3.8, 4) is 0 Å². The van der Waals surface area contributed by atoms with Crippen molar-refractivity contribution in [2.24, 2.45) is 0 Å². The molecule has 0 spiro atoms. The molecule has 0 atom stereocenters. The van der Waals surface area contributed by atoms with Crippen molar-refractivity contribution in [1.82, 2.24) is 5.32 Å². The number of carbonyl (C=O) groups excluding carboxylic acids is 1. The number of nitrogens with one attached hydrogen (secondary N) is 1. The van der Waals surface area contributed by atoms with Gasteiger partial charge in [-0.1, -0.05) is 25.4 Å². The van der Waals surface area contributed by atoms with E-state index in [1.807, 2.05) is 0 Å². The van der Waals surface area contributed by atoms with Crippen LogP contribution in [0.3, 0.4) is 0 Å². The second-order valence-electron chi connectivity index (χ2n) is 3.74. The fourth-order valence-electron chi connectivity index (χ4n) is 1.23. The predicted octanol–water partition coefficient (Wildman–Crippen LogP) is 3.36. The highest BCUT2D eigenvalue weighted by Crippen LogP contribution is 2.22. The normalized spacial score (nSPS) is 10.9. The first-order chi connectivity index (χ1) is 7.09. The summed E-state index contributed by atoms with van der Waals surface area (Å²) in [6.07, 6.45) is 1.48. The van der Waals surface area contributed by atoms with Gasteiger partial charge in [-0.3, -0.25) is 4.79 Å². The molecule has 0 aliphatic heterocycles. The van der Waals surface area contributed by atoms with Crippen LogP contribution in [0, 0.1) is 0 Å². The molecule has 0 aromatic carbocycles. The quantitative estimate of drug-likeness (QED) is 0.615. The van der Waals surface area contributed by atoms with Crippen molar-refractivity contribution in [2.75, 3.05) is 6.54 Å². The van der Waals surface area contributed by atoms with Crippen LogP contribution in [0.25, 0.3) is 0 Å². The Labute approximate surface area is 99.6 Å². The Kier molecular flexibility index (Phi) is 5.29. The Morgan fingerprint density at radius 2 is 2.27 bits per heavy atom. The molecule has 2 nitrogen and oxygen atoms in total. The summed E-state index contributed by atoms with van der Waals surface area (Å²) in [6.45, 7) is 5.09. The minimum absolute atomic E-state index is 0.192. The summed E-state index contributed by atoms with van der Waals surface area (Å²) >= 11 is 7.12. The third-order valence-electron chi connectivity index (χ3n) is 1.98. The third-order valence-corrected chi connectivity index (χ3v) is 3.25. The van der Waals surface area contributed by atoms with E-state index in [2.05, 4.69) is 19.2 Å². The van der Waals surface area contributed by atoms with E-state index in [9.17, 15) is 4.79 Å². The molecule has 1 N–H and O–H groups in total. The van der Waals surface area contributed by atoms with E-state index in [-0.39, 0.29) is 5.78 Å². The maximum Gasteiger partial charge on any atom is 0.172 e. The molecule has 0 bridgehead atoms. The molecule has 0 aliphatic carbocycles. The van der Waals surface area contributed by atoms with Gasteiger partial charge in [0.05, 0.1) is 9.21 Å². The molecule has 1 rings (SSSR count). The van der Waals surface area contributed by atoms with E-state index in [1.165, 1.54) is 11.3 Å². The van der Waals surface area contributed by atoms with Gasteiger partial charge in [0, 0.05) is 12.5 Å². The summed E-state index contributed by atoms with van der Waals surface area (Å²) in [5.41, 5.74) is 0. The van der Waals surface area contributed by atoms with Gasteiger partial charge in [-0.15, -0.1) is 11.3 Å². The maximum absolute atomic E-state index is 11.6. The standard InChI is InChI=1S/C11H16ClNOS/c1-8(2)13-7-3-4-9(14)10-5-6-11(12)15-10/h5-6,8,13H,3-4,7H2,1-2H3. The molecule has 0 fully saturated rings. The van der Waals surface area contributed by atoms with Crippen molar-refractivity contribution >= 4 is 28.7 Å². The molecule has 15 heavy (non-hydrogen) atoms. The zero-order valence-electron chi connectivity index (χ0n) is 9.05. The largest absolute Gasteiger partial charge is 0.315 e. The smallest absolute Gasteiger partial charge is 0.172 e. The molecular formula is C11H16ClNOS. The molecule has 84 valence electrons. The van der Waals surface area contributed by atoms with E-state index in [4.69, 9.17) is 11.6 Å². The van der Waals surface area contributed by atoms with Gasteiger partial charge in [0.1, 0.15) is 0 Å². The maximum atomic E-state index is 11.6. The van der Waals surface area contributed by atoms with Gasteiger partial charge < -0.3 is 5.32 Å². The van der Waals surface area contributed by atoms with E-state index in [0.717, 1.165) is 17.8 Å². The Hall–Kier alpha value is -0.380. The summed E-state index contributed by atoms with van der Waals surface area (Å²) in [4.78, 5) is 12.4. The first kappa shape index (κ1) is 12.7. The molecule has 1 heterocycles. The average molecular weight is 246 g/mol. The van der Waals surface area contributed by atoms with Crippen molar-refractivity contribution in [2.45, 2.75) is 32.7 Å². The summed E-state index contributed by atoms with van der Waals surface area (Å²) in [6, 6.07) is 4.05. The Bertz CT molecular complexity index is 322. The molecule has 0 aliphatic rings. The number of carbonyl (C=O) groups is 1. The van der Waals surface area contributed by atoms with Crippen molar-refractivity contribution < 1.29 is 4.79 Å². The highest BCUT2D eigenvalue weighted by Gasteiger charge is 2.07. The lowest BCUT2D eigenvalue weighted by Crippen LogP contribution is -2.24. The first-order valence-electron chi connectivity index (χ1n) is 5.11. The molecular weight excluding hydrogens is 230 g/mol. The van der Waals surface area contributed by atoms with E-state index in [0.29, 0.717) is 16.8 Å². The fraction of sp³-hybridized carbons (Fsp3) is 0.545. The molecule has 0 radical (unpaired) electrons. The summed E-state index contributed by atoms with van der Waals surface area (Å²) in [5, 5.41) is 3.28. The van der Waals surface area contributed by atoms with Gasteiger partial charge in [-0.25, -0.2) is 0 Å². The highest BCUT2D eigenvalue weighted by atomic mass is 35.5. The number of hydrogen-bond donors (Lipinski definition) is 1. The van der Waals surface area contributed by atoms with E-state index >= 15 is 0 Å². The number of rotatable bonds is 6. The van der Waals surface area contributed by atoms with Gasteiger partial charge in [0.25, 0.3) is 0 Å². The summed E-state index contributed by atoms with van der Waals surface area (Å²) in [7, 11) is 0. The van der Waals surface area contributed by atoms with Gasteiger partial charge in [-0.05, 0) is 25.1 Å². The van der Waals surface area contributed by atoms with Crippen LogP contribution in [0.5, 0.6) is 0 Å². The average Bonchev–Trinajstić information content (AvgIpc) is 2.59. The van der Waals surface area contributed by atoms with Crippen LogP contribution in [-0.2, 0) is 0 Å². The predicted molar refractivity (Wildman–Crippen MR) is 66.0 cm³/mol. The molecule has 1 aromatic rings. The van der Waals surface area contributed by atoms with Crippen LogP contribution in [0.15, 0.2) is 12.1 Å². The highest BCUT2D eigenvalue weighted by molar-refractivity contribution is 7.18. The number of ketones is 1. The first-order valence-corrected chi connectivity index (χ1v) is 6.31. The van der Waals surface area contributed by atoms with Gasteiger partial charge in [-0.2, -0.15) is 0 Å². The van der Waals surface area contributed by atoms with Crippen LogP contribution in [0.4, 0.5) is 0 Å².